The first-order valence-corrected chi connectivity index (χ1v) is 13.4. The summed E-state index contributed by atoms with van der Waals surface area (Å²) in [7, 11) is 0. The fourth-order valence-corrected chi connectivity index (χ4v) is 4.09. The lowest BCUT2D eigenvalue weighted by Crippen LogP contribution is -2.44. The standard InChI is InChI=1S/C29H27ClN8O5/c30-21-7-12-25(38-18-32-36-37-38)20(17-21)6-13-26(39)35-24(16-19-4-2-1-3-5-19)28(42)33-22-8-10-23(11-9-22)34-29(43)31-15-14-27(40)41/h1-13,17-18,24H,14-16H2,(H,33,42)(H,35,39)(H,40,41)(H2,31,34,43)/b13-6+/t24-/m0/s1. The Morgan fingerprint density at radius 2 is 1.67 bits per heavy atom. The second-order valence-electron chi connectivity index (χ2n) is 9.13. The van der Waals surface area contributed by atoms with Crippen LogP contribution in [-0.2, 0) is 20.8 Å². The Labute approximate surface area is 250 Å². The third-order valence-electron chi connectivity index (χ3n) is 5.95. The summed E-state index contributed by atoms with van der Waals surface area (Å²) >= 11 is 6.16. The number of halogens is 1. The molecule has 3 aromatic carbocycles. The zero-order chi connectivity index (χ0) is 30.6. The fraction of sp³-hybridized carbons (Fsp3) is 0.138. The van der Waals surface area contributed by atoms with Gasteiger partial charge < -0.3 is 26.4 Å². The zero-order valence-electron chi connectivity index (χ0n) is 22.6. The van der Waals surface area contributed by atoms with Gasteiger partial charge in [-0.2, -0.15) is 4.68 Å². The van der Waals surface area contributed by atoms with Crippen molar-refractivity contribution in [1.82, 2.24) is 30.8 Å². The number of carboxylic acids is 1. The highest BCUT2D eigenvalue weighted by Crippen LogP contribution is 2.20. The largest absolute Gasteiger partial charge is 0.481 e. The van der Waals surface area contributed by atoms with Gasteiger partial charge in [0.2, 0.25) is 11.8 Å². The third kappa shape index (κ3) is 9.50. The van der Waals surface area contributed by atoms with Gasteiger partial charge in [0, 0.05) is 41.0 Å². The number of hydrogen-bond donors (Lipinski definition) is 5. The van der Waals surface area contributed by atoms with Crippen molar-refractivity contribution < 1.29 is 24.3 Å². The van der Waals surface area contributed by atoms with Crippen LogP contribution in [0.1, 0.15) is 17.5 Å². The van der Waals surface area contributed by atoms with Gasteiger partial charge in [-0.05, 0) is 64.5 Å². The number of carboxylic acid groups (broad SMARTS) is 1. The van der Waals surface area contributed by atoms with E-state index in [1.807, 2.05) is 30.3 Å². The summed E-state index contributed by atoms with van der Waals surface area (Å²) in [5, 5.41) is 30.9. The molecule has 1 heterocycles. The van der Waals surface area contributed by atoms with Crippen LogP contribution in [0.4, 0.5) is 16.2 Å². The number of carbonyl (C=O) groups excluding carboxylic acids is 3. The minimum absolute atomic E-state index is 0.0153. The lowest BCUT2D eigenvalue weighted by molar-refractivity contribution is -0.136. The van der Waals surface area contributed by atoms with E-state index in [2.05, 4.69) is 36.8 Å². The number of carbonyl (C=O) groups is 4. The summed E-state index contributed by atoms with van der Waals surface area (Å²) in [5.41, 5.74) is 2.91. The molecule has 14 heteroatoms. The molecule has 13 nitrogen and oxygen atoms in total. The maximum atomic E-state index is 13.3. The van der Waals surface area contributed by atoms with Crippen molar-refractivity contribution in [3.05, 3.63) is 101 Å². The molecular formula is C29H27ClN8O5. The molecule has 0 fully saturated rings. The van der Waals surface area contributed by atoms with Gasteiger partial charge in [-0.15, -0.1) is 5.10 Å². The average Bonchev–Trinajstić information content (AvgIpc) is 3.52. The predicted molar refractivity (Wildman–Crippen MR) is 160 cm³/mol. The number of urea groups is 1. The van der Waals surface area contributed by atoms with Gasteiger partial charge in [0.15, 0.2) is 0 Å². The van der Waals surface area contributed by atoms with Crippen LogP contribution in [0, 0.1) is 0 Å². The number of nitrogens with one attached hydrogen (secondary N) is 4. The number of nitrogens with zero attached hydrogens (tertiary/aromatic N) is 4. The Morgan fingerprint density at radius 1 is 0.953 bits per heavy atom. The molecule has 0 spiro atoms. The van der Waals surface area contributed by atoms with E-state index < -0.39 is 29.9 Å². The number of hydrogen-bond acceptors (Lipinski definition) is 7. The van der Waals surface area contributed by atoms with Crippen LogP contribution in [0.3, 0.4) is 0 Å². The molecule has 4 amide bonds. The van der Waals surface area contributed by atoms with E-state index in [9.17, 15) is 19.2 Å². The molecule has 0 saturated carbocycles. The number of aromatic nitrogens is 4. The topological polar surface area (TPSA) is 180 Å². The Hall–Kier alpha value is -5.56. The highest BCUT2D eigenvalue weighted by Gasteiger charge is 2.21. The molecule has 5 N–H and O–H groups in total. The van der Waals surface area contributed by atoms with Gasteiger partial charge in [-0.3, -0.25) is 14.4 Å². The summed E-state index contributed by atoms with van der Waals surface area (Å²) in [6.45, 7) is -0.0153. The number of anilines is 2. The van der Waals surface area contributed by atoms with E-state index in [0.29, 0.717) is 27.6 Å². The third-order valence-corrected chi connectivity index (χ3v) is 6.19. The molecule has 1 aromatic heterocycles. The summed E-state index contributed by atoms with van der Waals surface area (Å²) in [6.07, 6.45) is 4.30. The molecule has 0 unspecified atom stereocenters. The van der Waals surface area contributed by atoms with Crippen LogP contribution in [0.25, 0.3) is 11.8 Å². The van der Waals surface area contributed by atoms with Crippen LogP contribution in [0.15, 0.2) is 85.2 Å². The number of amides is 4. The van der Waals surface area contributed by atoms with Gasteiger partial charge in [0.25, 0.3) is 0 Å². The zero-order valence-corrected chi connectivity index (χ0v) is 23.4. The lowest BCUT2D eigenvalue weighted by Gasteiger charge is -2.18. The van der Waals surface area contributed by atoms with Crippen molar-refractivity contribution >= 4 is 52.9 Å². The molecular weight excluding hydrogens is 576 g/mol. The fourth-order valence-electron chi connectivity index (χ4n) is 3.91. The minimum atomic E-state index is -1.02. The van der Waals surface area contributed by atoms with Gasteiger partial charge >= 0.3 is 12.0 Å². The van der Waals surface area contributed by atoms with Gasteiger partial charge in [-0.1, -0.05) is 41.9 Å². The molecule has 0 saturated heterocycles. The Morgan fingerprint density at radius 3 is 2.35 bits per heavy atom. The Kier molecular flexibility index (Phi) is 10.5. The van der Waals surface area contributed by atoms with E-state index in [0.717, 1.165) is 5.56 Å². The summed E-state index contributed by atoms with van der Waals surface area (Å²) in [5.74, 6) is -1.98. The number of rotatable bonds is 12. The van der Waals surface area contributed by atoms with Crippen molar-refractivity contribution in [1.29, 1.82) is 0 Å². The van der Waals surface area contributed by atoms with E-state index >= 15 is 0 Å². The van der Waals surface area contributed by atoms with Crippen molar-refractivity contribution in [3.63, 3.8) is 0 Å². The molecule has 0 aliphatic carbocycles. The smallest absolute Gasteiger partial charge is 0.319 e. The summed E-state index contributed by atoms with van der Waals surface area (Å²) < 4.78 is 1.44. The van der Waals surface area contributed by atoms with E-state index in [1.54, 1.807) is 48.5 Å². The van der Waals surface area contributed by atoms with Crippen LogP contribution >= 0.6 is 11.6 Å². The van der Waals surface area contributed by atoms with E-state index in [-0.39, 0.29) is 19.4 Å². The van der Waals surface area contributed by atoms with Gasteiger partial charge in [0.05, 0.1) is 12.1 Å². The second-order valence-corrected chi connectivity index (χ2v) is 9.57. The van der Waals surface area contributed by atoms with Crippen molar-refractivity contribution in [2.75, 3.05) is 17.2 Å². The van der Waals surface area contributed by atoms with E-state index in [4.69, 9.17) is 16.7 Å². The number of tetrazole rings is 1. The average molecular weight is 603 g/mol. The molecule has 4 rings (SSSR count). The second kappa shape index (κ2) is 14.9. The first-order valence-electron chi connectivity index (χ1n) is 13.0. The number of benzene rings is 3. The predicted octanol–water partition coefficient (Wildman–Crippen LogP) is 3.29. The highest BCUT2D eigenvalue weighted by molar-refractivity contribution is 6.30. The molecule has 0 radical (unpaired) electrons. The molecule has 0 bridgehead atoms. The first kappa shape index (κ1) is 30.4. The lowest BCUT2D eigenvalue weighted by atomic mass is 10.0. The van der Waals surface area contributed by atoms with Crippen LogP contribution in [-0.4, -0.2) is 61.7 Å². The molecule has 0 aliphatic rings. The quantitative estimate of drug-likeness (QED) is 0.153. The Bertz CT molecular complexity index is 1600. The van der Waals surface area contributed by atoms with Crippen LogP contribution in [0.5, 0.6) is 0 Å². The monoisotopic (exact) mass is 602 g/mol. The maximum Gasteiger partial charge on any atom is 0.319 e. The summed E-state index contributed by atoms with van der Waals surface area (Å²) in [6, 6.07) is 19.2. The van der Waals surface area contributed by atoms with Crippen LogP contribution < -0.4 is 21.3 Å². The van der Waals surface area contributed by atoms with Crippen molar-refractivity contribution in [2.24, 2.45) is 0 Å². The minimum Gasteiger partial charge on any atom is -0.481 e. The van der Waals surface area contributed by atoms with Crippen molar-refractivity contribution in [2.45, 2.75) is 18.9 Å². The van der Waals surface area contributed by atoms with Gasteiger partial charge in [-0.25, -0.2) is 4.79 Å². The maximum absolute atomic E-state index is 13.3. The van der Waals surface area contributed by atoms with Gasteiger partial charge in [0.1, 0.15) is 12.4 Å². The SMILES string of the molecule is O=C(O)CCNC(=O)Nc1ccc(NC(=O)[C@H](Cc2ccccc2)NC(=O)/C=C/c2cc(Cl)ccc2-n2cnnn2)cc1. The Balaban J connectivity index is 1.43. The molecule has 220 valence electrons. The molecule has 43 heavy (non-hydrogen) atoms. The molecule has 4 aromatic rings. The van der Waals surface area contributed by atoms with E-state index in [1.165, 1.54) is 17.1 Å². The first-order chi connectivity index (χ1) is 20.8. The van der Waals surface area contributed by atoms with Crippen LogP contribution in [0.2, 0.25) is 5.02 Å². The molecule has 1 atom stereocenters. The summed E-state index contributed by atoms with van der Waals surface area (Å²) in [4.78, 5) is 48.8. The normalized spacial score (nSPS) is 11.5. The van der Waals surface area contributed by atoms with Crippen molar-refractivity contribution in [3.8, 4) is 5.69 Å². The number of aliphatic carboxylic acids is 1. The molecule has 0 aliphatic heterocycles. The highest BCUT2D eigenvalue weighted by atomic mass is 35.5.